The zero-order valence-electron chi connectivity index (χ0n) is 13.6. The molecule has 6 nitrogen and oxygen atoms in total. The zero-order chi connectivity index (χ0) is 18.8. The van der Waals surface area contributed by atoms with Crippen molar-refractivity contribution in [2.75, 3.05) is 11.4 Å². The van der Waals surface area contributed by atoms with Gasteiger partial charge >= 0.3 is 11.7 Å². The van der Waals surface area contributed by atoms with Crippen molar-refractivity contribution < 1.29 is 13.6 Å². The largest absolute Gasteiger partial charge is 0.358 e. The number of aromatic nitrogens is 3. The second kappa shape index (κ2) is 7.09. The summed E-state index contributed by atoms with van der Waals surface area (Å²) in [6.45, 7) is 1.66. The third kappa shape index (κ3) is 3.11. The van der Waals surface area contributed by atoms with E-state index in [0.29, 0.717) is 11.8 Å². The van der Waals surface area contributed by atoms with Gasteiger partial charge in [-0.15, -0.1) is 0 Å². The second-order valence-corrected chi connectivity index (χ2v) is 5.68. The Labute approximate surface area is 151 Å². The first-order chi connectivity index (χ1) is 12.4. The van der Waals surface area contributed by atoms with Gasteiger partial charge in [-0.05, 0) is 31.2 Å². The number of hydrogen-bond donors (Lipinski definition) is 0. The van der Waals surface area contributed by atoms with E-state index >= 15 is 0 Å². The van der Waals surface area contributed by atoms with Gasteiger partial charge in [0.1, 0.15) is 18.0 Å². The lowest BCUT2D eigenvalue weighted by atomic mass is 10.2. The van der Waals surface area contributed by atoms with Crippen LogP contribution in [-0.2, 0) is 0 Å². The number of anilines is 1. The van der Waals surface area contributed by atoms with Crippen LogP contribution in [-0.4, -0.2) is 26.9 Å². The van der Waals surface area contributed by atoms with E-state index in [9.17, 15) is 18.4 Å². The van der Waals surface area contributed by atoms with Crippen molar-refractivity contribution in [3.63, 3.8) is 0 Å². The van der Waals surface area contributed by atoms with Gasteiger partial charge in [0.15, 0.2) is 0 Å². The molecule has 0 saturated heterocycles. The zero-order valence-corrected chi connectivity index (χ0v) is 14.3. The molecule has 0 atom stereocenters. The molecular formula is C17H13ClF2N4O2. The van der Waals surface area contributed by atoms with Crippen molar-refractivity contribution >= 4 is 23.3 Å². The summed E-state index contributed by atoms with van der Waals surface area (Å²) in [5.74, 6) is -1.68. The SMILES string of the molecule is CCN(C(=O)n1cnn(-c2ccccc2Cl)c1=O)c1ccc(F)cc1F. The van der Waals surface area contributed by atoms with Gasteiger partial charge in [0.05, 0.1) is 16.4 Å². The van der Waals surface area contributed by atoms with Gasteiger partial charge in [-0.3, -0.25) is 4.90 Å². The summed E-state index contributed by atoms with van der Waals surface area (Å²) in [7, 11) is 0. The van der Waals surface area contributed by atoms with Gasteiger partial charge in [-0.2, -0.15) is 14.3 Å². The number of hydrogen-bond acceptors (Lipinski definition) is 3. The standard InChI is InChI=1S/C17H13ClF2N4O2/c1-2-22(15-8-7-11(19)9-13(15)20)16(25)23-10-21-24(17(23)26)14-6-4-3-5-12(14)18/h3-10H,2H2,1H3. The molecule has 0 aliphatic heterocycles. The Balaban J connectivity index is 2.02. The molecule has 134 valence electrons. The monoisotopic (exact) mass is 378 g/mol. The van der Waals surface area contributed by atoms with Crippen LogP contribution >= 0.6 is 11.6 Å². The Bertz CT molecular complexity index is 1030. The molecule has 3 aromatic rings. The molecule has 0 aliphatic rings. The molecule has 0 radical (unpaired) electrons. The molecule has 0 aliphatic carbocycles. The predicted octanol–water partition coefficient (Wildman–Crippen LogP) is 3.46. The predicted molar refractivity (Wildman–Crippen MR) is 93.0 cm³/mol. The first-order valence-electron chi connectivity index (χ1n) is 7.62. The van der Waals surface area contributed by atoms with E-state index in [4.69, 9.17) is 11.6 Å². The number of carbonyl (C=O) groups is 1. The number of benzene rings is 2. The summed E-state index contributed by atoms with van der Waals surface area (Å²) in [5.41, 5.74) is -0.595. The Morgan fingerprint density at radius 1 is 1.23 bits per heavy atom. The number of nitrogens with zero attached hydrogens (tertiary/aromatic N) is 4. The van der Waals surface area contributed by atoms with Crippen LogP contribution in [0.2, 0.25) is 5.02 Å². The maximum absolute atomic E-state index is 14.0. The van der Waals surface area contributed by atoms with Crippen LogP contribution < -0.4 is 10.6 Å². The molecule has 0 N–H and O–H groups in total. The van der Waals surface area contributed by atoms with Gasteiger partial charge in [0, 0.05) is 12.6 Å². The van der Waals surface area contributed by atoms with Crippen molar-refractivity contribution in [3.05, 3.63) is 75.9 Å². The van der Waals surface area contributed by atoms with Crippen molar-refractivity contribution in [3.8, 4) is 5.69 Å². The van der Waals surface area contributed by atoms with Crippen molar-refractivity contribution in [1.82, 2.24) is 14.3 Å². The lowest BCUT2D eigenvalue weighted by molar-refractivity contribution is 0.247. The number of amides is 1. The van der Waals surface area contributed by atoms with Crippen LogP contribution in [0.25, 0.3) is 5.69 Å². The third-order valence-corrected chi connectivity index (χ3v) is 4.02. The lowest BCUT2D eigenvalue weighted by Gasteiger charge is -2.20. The number of rotatable bonds is 3. The molecule has 2 aromatic carbocycles. The maximum Gasteiger partial charge on any atom is 0.358 e. The normalized spacial score (nSPS) is 10.8. The highest BCUT2D eigenvalue weighted by atomic mass is 35.5. The highest BCUT2D eigenvalue weighted by molar-refractivity contribution is 6.32. The molecule has 9 heteroatoms. The highest BCUT2D eigenvalue weighted by Gasteiger charge is 2.23. The molecule has 0 bridgehead atoms. The van der Waals surface area contributed by atoms with Crippen molar-refractivity contribution in [1.29, 1.82) is 0 Å². The second-order valence-electron chi connectivity index (χ2n) is 5.27. The van der Waals surface area contributed by atoms with E-state index < -0.39 is 23.4 Å². The quantitative estimate of drug-likeness (QED) is 0.701. The lowest BCUT2D eigenvalue weighted by Crippen LogP contribution is -2.40. The molecule has 3 rings (SSSR count). The van der Waals surface area contributed by atoms with Gasteiger partial charge in [0.2, 0.25) is 0 Å². The molecular weight excluding hydrogens is 366 g/mol. The maximum atomic E-state index is 14.0. The molecule has 1 heterocycles. The number of halogens is 3. The van der Waals surface area contributed by atoms with E-state index in [-0.39, 0.29) is 17.3 Å². The molecule has 0 fully saturated rings. The van der Waals surface area contributed by atoms with Crippen LogP contribution in [0.1, 0.15) is 6.92 Å². The number of para-hydroxylation sites is 1. The Hall–Kier alpha value is -3.00. The summed E-state index contributed by atoms with van der Waals surface area (Å²) in [4.78, 5) is 26.3. The Kier molecular flexibility index (Phi) is 4.85. The average molecular weight is 379 g/mol. The molecule has 1 aromatic heterocycles. The van der Waals surface area contributed by atoms with E-state index in [2.05, 4.69) is 5.10 Å². The van der Waals surface area contributed by atoms with Gasteiger partial charge in [-0.25, -0.2) is 18.4 Å². The van der Waals surface area contributed by atoms with Gasteiger partial charge in [0.25, 0.3) is 0 Å². The van der Waals surface area contributed by atoms with Crippen molar-refractivity contribution in [2.45, 2.75) is 6.92 Å². The minimum absolute atomic E-state index is 0.0606. The summed E-state index contributed by atoms with van der Waals surface area (Å²) in [6.07, 6.45) is 1.03. The Morgan fingerprint density at radius 2 is 1.96 bits per heavy atom. The highest BCUT2D eigenvalue weighted by Crippen LogP contribution is 2.21. The first-order valence-corrected chi connectivity index (χ1v) is 8.00. The average Bonchev–Trinajstić information content (AvgIpc) is 2.99. The molecule has 0 spiro atoms. The molecule has 26 heavy (non-hydrogen) atoms. The van der Waals surface area contributed by atoms with E-state index in [0.717, 1.165) is 32.6 Å². The minimum atomic E-state index is -0.910. The van der Waals surface area contributed by atoms with Crippen LogP contribution in [0.15, 0.2) is 53.6 Å². The van der Waals surface area contributed by atoms with Gasteiger partial charge < -0.3 is 0 Å². The summed E-state index contributed by atoms with van der Waals surface area (Å²) in [5, 5.41) is 4.18. The van der Waals surface area contributed by atoms with Crippen molar-refractivity contribution in [2.24, 2.45) is 0 Å². The van der Waals surface area contributed by atoms with Crippen LogP contribution in [0.5, 0.6) is 0 Å². The fourth-order valence-electron chi connectivity index (χ4n) is 2.46. The van der Waals surface area contributed by atoms with Crippen LogP contribution in [0.3, 0.4) is 0 Å². The summed E-state index contributed by atoms with van der Waals surface area (Å²) in [6, 6.07) is 8.53. The van der Waals surface area contributed by atoms with E-state index in [1.165, 1.54) is 0 Å². The van der Waals surface area contributed by atoms with E-state index in [1.54, 1.807) is 31.2 Å². The number of carbonyl (C=O) groups excluding carboxylic acids is 1. The fourth-order valence-corrected chi connectivity index (χ4v) is 2.68. The third-order valence-electron chi connectivity index (χ3n) is 3.70. The minimum Gasteiger partial charge on any atom is -0.291 e. The van der Waals surface area contributed by atoms with E-state index in [1.807, 2.05) is 0 Å². The summed E-state index contributed by atoms with van der Waals surface area (Å²) >= 11 is 6.05. The summed E-state index contributed by atoms with van der Waals surface area (Å²) < 4.78 is 28.8. The Morgan fingerprint density at radius 3 is 2.62 bits per heavy atom. The molecule has 0 saturated carbocycles. The smallest absolute Gasteiger partial charge is 0.291 e. The first kappa shape index (κ1) is 17.8. The topological polar surface area (TPSA) is 60.1 Å². The molecule has 1 amide bonds. The molecule has 0 unspecified atom stereocenters. The van der Waals surface area contributed by atoms with Gasteiger partial charge in [-0.1, -0.05) is 23.7 Å². The van der Waals surface area contributed by atoms with Crippen LogP contribution in [0.4, 0.5) is 19.3 Å². The van der Waals surface area contributed by atoms with Crippen LogP contribution in [0, 0.1) is 11.6 Å². The fraction of sp³-hybridized carbons (Fsp3) is 0.118.